The third kappa shape index (κ3) is 2.28. The van der Waals surface area contributed by atoms with Gasteiger partial charge in [0.2, 0.25) is 0 Å². The molecule has 0 saturated carbocycles. The van der Waals surface area contributed by atoms with Crippen molar-refractivity contribution in [2.24, 2.45) is 7.05 Å². The van der Waals surface area contributed by atoms with Crippen LogP contribution >= 0.6 is 0 Å². The van der Waals surface area contributed by atoms with Gasteiger partial charge in [-0.15, -0.1) is 0 Å². The number of nitrogens with zero attached hydrogens (tertiary/aromatic N) is 2. The largest absolute Gasteiger partial charge is 0.486 e. The number of hydrogen-bond acceptors (Lipinski definition) is 3. The molecule has 1 aromatic heterocycles. The average molecular weight is 266 g/mol. The highest BCUT2D eigenvalue weighted by Gasteiger charge is 2.08. The van der Waals surface area contributed by atoms with E-state index in [1.54, 1.807) is 12.1 Å². The first kappa shape index (κ1) is 12.4. The Bertz CT molecular complexity index is 748. The van der Waals surface area contributed by atoms with E-state index in [0.717, 1.165) is 28.9 Å². The summed E-state index contributed by atoms with van der Waals surface area (Å²) in [6.07, 6.45) is 0.828. The second-order valence-corrected chi connectivity index (χ2v) is 4.55. The Morgan fingerprint density at radius 2 is 2.00 bits per heavy atom. The van der Waals surface area contributed by atoms with Crippen LogP contribution < -0.4 is 4.74 Å². The summed E-state index contributed by atoms with van der Waals surface area (Å²) >= 11 is 0. The quantitative estimate of drug-likeness (QED) is 0.682. The average Bonchev–Trinajstić information content (AvgIpc) is 2.82. The van der Waals surface area contributed by atoms with Crippen molar-refractivity contribution in [2.75, 3.05) is 0 Å². The van der Waals surface area contributed by atoms with E-state index in [1.165, 1.54) is 0 Å². The molecule has 20 heavy (non-hydrogen) atoms. The van der Waals surface area contributed by atoms with Crippen LogP contribution in [0.3, 0.4) is 0 Å². The van der Waals surface area contributed by atoms with Crippen molar-refractivity contribution in [1.82, 2.24) is 9.55 Å². The zero-order chi connectivity index (χ0) is 13.9. The predicted molar refractivity (Wildman–Crippen MR) is 76.9 cm³/mol. The topological polar surface area (TPSA) is 44.1 Å². The van der Waals surface area contributed by atoms with E-state index in [0.29, 0.717) is 12.2 Å². The molecule has 0 saturated heterocycles. The molecule has 0 bridgehead atoms. The molecule has 0 unspecified atom stereocenters. The lowest BCUT2D eigenvalue weighted by molar-refractivity contribution is 0.112. The molecule has 0 spiro atoms. The van der Waals surface area contributed by atoms with Crippen LogP contribution in [0.15, 0.2) is 48.5 Å². The summed E-state index contributed by atoms with van der Waals surface area (Å²) in [5.74, 6) is 1.64. The Morgan fingerprint density at radius 1 is 1.20 bits per heavy atom. The molecular weight excluding hydrogens is 252 g/mol. The SMILES string of the molecule is Cn1c(COc2ccccc2)nc2cc(C=O)ccc21. The van der Waals surface area contributed by atoms with Crippen LogP contribution in [0.25, 0.3) is 11.0 Å². The number of carbonyl (C=O) groups is 1. The molecular formula is C16H14N2O2. The number of benzene rings is 2. The lowest BCUT2D eigenvalue weighted by atomic mass is 10.2. The molecule has 4 heteroatoms. The number of ether oxygens (including phenoxy) is 1. The van der Waals surface area contributed by atoms with Gasteiger partial charge in [0.1, 0.15) is 24.5 Å². The molecule has 3 rings (SSSR count). The molecule has 1 heterocycles. The summed E-state index contributed by atoms with van der Waals surface area (Å²) in [6, 6.07) is 15.1. The van der Waals surface area contributed by atoms with Crippen LogP contribution in [-0.2, 0) is 13.7 Å². The summed E-state index contributed by atoms with van der Waals surface area (Å²) in [6.45, 7) is 0.394. The number of carbonyl (C=O) groups excluding carboxylic acids is 1. The molecule has 100 valence electrons. The fraction of sp³-hybridized carbons (Fsp3) is 0.125. The predicted octanol–water partition coefficient (Wildman–Crippen LogP) is 2.96. The van der Waals surface area contributed by atoms with Crippen molar-refractivity contribution >= 4 is 17.3 Å². The highest BCUT2D eigenvalue weighted by molar-refractivity contribution is 5.85. The number of imidazole rings is 1. The fourth-order valence-electron chi connectivity index (χ4n) is 2.13. The van der Waals surface area contributed by atoms with Crippen LogP contribution in [0.4, 0.5) is 0 Å². The summed E-state index contributed by atoms with van der Waals surface area (Å²) in [4.78, 5) is 15.3. The van der Waals surface area contributed by atoms with Crippen LogP contribution in [0.2, 0.25) is 0 Å². The minimum absolute atomic E-state index is 0.394. The van der Waals surface area contributed by atoms with Gasteiger partial charge < -0.3 is 9.30 Å². The van der Waals surface area contributed by atoms with Gasteiger partial charge in [-0.1, -0.05) is 18.2 Å². The molecule has 0 atom stereocenters. The summed E-state index contributed by atoms with van der Waals surface area (Å²) < 4.78 is 7.69. The van der Waals surface area contributed by atoms with Crippen molar-refractivity contribution in [3.8, 4) is 5.75 Å². The Hall–Kier alpha value is -2.62. The van der Waals surface area contributed by atoms with Crippen LogP contribution in [0.1, 0.15) is 16.2 Å². The van der Waals surface area contributed by atoms with Gasteiger partial charge in [-0.3, -0.25) is 4.79 Å². The number of hydrogen-bond donors (Lipinski definition) is 0. The van der Waals surface area contributed by atoms with Gasteiger partial charge in [0.05, 0.1) is 11.0 Å². The van der Waals surface area contributed by atoms with Crippen LogP contribution in [0, 0.1) is 0 Å². The van der Waals surface area contributed by atoms with E-state index < -0.39 is 0 Å². The lowest BCUT2D eigenvalue weighted by Gasteiger charge is -2.05. The third-order valence-corrected chi connectivity index (χ3v) is 3.24. The Kier molecular flexibility index (Phi) is 3.21. The molecule has 2 aromatic carbocycles. The fourth-order valence-corrected chi connectivity index (χ4v) is 2.13. The van der Waals surface area contributed by atoms with Crippen molar-refractivity contribution in [2.45, 2.75) is 6.61 Å². The van der Waals surface area contributed by atoms with Crippen molar-refractivity contribution < 1.29 is 9.53 Å². The van der Waals surface area contributed by atoms with Gasteiger partial charge in [0.25, 0.3) is 0 Å². The second-order valence-electron chi connectivity index (χ2n) is 4.55. The van der Waals surface area contributed by atoms with E-state index in [-0.39, 0.29) is 0 Å². The number of para-hydroxylation sites is 1. The summed E-state index contributed by atoms with van der Waals surface area (Å²) in [5, 5.41) is 0. The van der Waals surface area contributed by atoms with Crippen molar-refractivity contribution in [3.05, 3.63) is 59.9 Å². The monoisotopic (exact) mass is 266 g/mol. The second kappa shape index (κ2) is 5.17. The van der Waals surface area contributed by atoms with Gasteiger partial charge in [-0.25, -0.2) is 4.98 Å². The smallest absolute Gasteiger partial charge is 0.150 e. The first-order valence-electron chi connectivity index (χ1n) is 6.36. The molecule has 0 radical (unpaired) electrons. The summed E-state index contributed by atoms with van der Waals surface area (Å²) in [5.41, 5.74) is 2.43. The first-order valence-corrected chi connectivity index (χ1v) is 6.36. The van der Waals surface area contributed by atoms with Crippen LogP contribution in [-0.4, -0.2) is 15.8 Å². The van der Waals surface area contributed by atoms with Crippen molar-refractivity contribution in [1.29, 1.82) is 0 Å². The minimum Gasteiger partial charge on any atom is -0.486 e. The Labute approximate surface area is 116 Å². The van der Waals surface area contributed by atoms with Crippen LogP contribution in [0.5, 0.6) is 5.75 Å². The maximum Gasteiger partial charge on any atom is 0.150 e. The lowest BCUT2D eigenvalue weighted by Crippen LogP contribution is -2.03. The van der Waals surface area contributed by atoms with E-state index in [4.69, 9.17) is 4.74 Å². The number of aryl methyl sites for hydroxylation is 1. The normalized spacial score (nSPS) is 10.7. The van der Waals surface area contributed by atoms with E-state index in [1.807, 2.05) is 48.0 Å². The number of aldehydes is 1. The zero-order valence-electron chi connectivity index (χ0n) is 11.1. The molecule has 0 N–H and O–H groups in total. The Morgan fingerprint density at radius 3 is 2.75 bits per heavy atom. The van der Waals surface area contributed by atoms with Gasteiger partial charge >= 0.3 is 0 Å². The summed E-state index contributed by atoms with van der Waals surface area (Å²) in [7, 11) is 1.94. The number of fused-ring (bicyclic) bond motifs is 1. The molecule has 0 aliphatic heterocycles. The van der Waals surface area contributed by atoms with Gasteiger partial charge in [-0.05, 0) is 30.3 Å². The minimum atomic E-state index is 0.394. The van der Waals surface area contributed by atoms with Gasteiger partial charge in [-0.2, -0.15) is 0 Å². The van der Waals surface area contributed by atoms with E-state index in [2.05, 4.69) is 4.98 Å². The highest BCUT2D eigenvalue weighted by Crippen LogP contribution is 2.18. The molecule has 3 aromatic rings. The maximum atomic E-state index is 10.8. The molecule has 0 aliphatic carbocycles. The van der Waals surface area contributed by atoms with Crippen molar-refractivity contribution in [3.63, 3.8) is 0 Å². The molecule has 0 amide bonds. The maximum absolute atomic E-state index is 10.8. The highest BCUT2D eigenvalue weighted by atomic mass is 16.5. The van der Waals surface area contributed by atoms with Gasteiger partial charge in [0.15, 0.2) is 0 Å². The standard InChI is InChI=1S/C16H14N2O2/c1-18-15-8-7-12(10-19)9-14(15)17-16(18)11-20-13-5-3-2-4-6-13/h2-10H,11H2,1H3. The Balaban J connectivity index is 1.88. The molecule has 0 aliphatic rings. The number of aromatic nitrogens is 2. The zero-order valence-corrected chi connectivity index (χ0v) is 11.1. The van der Waals surface area contributed by atoms with Gasteiger partial charge in [0, 0.05) is 12.6 Å². The molecule has 4 nitrogen and oxygen atoms in total. The molecule has 0 fully saturated rings. The first-order chi connectivity index (χ1) is 9.78. The van der Waals surface area contributed by atoms with E-state index in [9.17, 15) is 4.79 Å². The van der Waals surface area contributed by atoms with E-state index >= 15 is 0 Å². The third-order valence-electron chi connectivity index (χ3n) is 3.24. The number of rotatable bonds is 4.